The molecule has 1 heterocycles. The molecule has 18 heavy (non-hydrogen) atoms. The minimum atomic E-state index is -4.63. The number of aromatic nitrogens is 1. The van der Waals surface area contributed by atoms with E-state index < -0.39 is 29.5 Å². The summed E-state index contributed by atoms with van der Waals surface area (Å²) in [5.74, 6) is -1.40. The van der Waals surface area contributed by atoms with Gasteiger partial charge in [-0.3, -0.25) is 4.79 Å². The highest BCUT2D eigenvalue weighted by atomic mass is 32.1. The van der Waals surface area contributed by atoms with E-state index in [2.05, 4.69) is 10.1 Å². The quantitative estimate of drug-likeness (QED) is 0.659. The van der Waals surface area contributed by atoms with Crippen LogP contribution in [0.1, 0.15) is 5.01 Å². The van der Waals surface area contributed by atoms with Crippen molar-refractivity contribution in [2.75, 3.05) is 11.6 Å². The van der Waals surface area contributed by atoms with Crippen LogP contribution in [-0.2, 0) is 11.0 Å². The summed E-state index contributed by atoms with van der Waals surface area (Å²) in [4.78, 5) is 14.4. The number of hydrogen-bond donors (Lipinski definition) is 1. The molecule has 0 bridgehead atoms. The standard InChI is InChI=1S/C8H5F3N4O2S/c9-8(10,11)7-14-5(4-18-7)15(6(17)3-16)13-2-1-12/h2,4,16H,3H2. The van der Waals surface area contributed by atoms with Crippen LogP contribution in [0.25, 0.3) is 0 Å². The van der Waals surface area contributed by atoms with Crippen molar-refractivity contribution < 1.29 is 23.1 Å². The third kappa shape index (κ3) is 3.25. The van der Waals surface area contributed by atoms with Gasteiger partial charge in [-0.05, 0) is 0 Å². The lowest BCUT2D eigenvalue weighted by molar-refractivity contribution is -0.137. The molecule has 1 aromatic heterocycles. The maximum absolute atomic E-state index is 12.3. The van der Waals surface area contributed by atoms with Crippen LogP contribution in [0.3, 0.4) is 0 Å². The second-order valence-electron chi connectivity index (χ2n) is 2.75. The summed E-state index contributed by atoms with van der Waals surface area (Å²) in [6.07, 6.45) is -3.99. The Morgan fingerprint density at radius 2 is 2.39 bits per heavy atom. The molecule has 0 aliphatic rings. The van der Waals surface area contributed by atoms with Crippen LogP contribution in [0.15, 0.2) is 10.5 Å². The number of nitriles is 1. The van der Waals surface area contributed by atoms with E-state index >= 15 is 0 Å². The maximum Gasteiger partial charge on any atom is 0.443 e. The smallest absolute Gasteiger partial charge is 0.386 e. The number of alkyl halides is 3. The van der Waals surface area contributed by atoms with Crippen molar-refractivity contribution in [3.63, 3.8) is 0 Å². The first-order chi connectivity index (χ1) is 8.40. The van der Waals surface area contributed by atoms with E-state index in [0.717, 1.165) is 5.38 Å². The van der Waals surface area contributed by atoms with Crippen molar-refractivity contribution in [1.29, 1.82) is 5.26 Å². The first-order valence-corrected chi connectivity index (χ1v) is 5.16. The Kier molecular flexibility index (Phi) is 4.35. The average Bonchev–Trinajstić information content (AvgIpc) is 2.78. The Hall–Kier alpha value is -1.99. The second kappa shape index (κ2) is 5.56. The molecule has 0 atom stereocenters. The zero-order chi connectivity index (χ0) is 13.8. The van der Waals surface area contributed by atoms with Gasteiger partial charge >= 0.3 is 6.18 Å². The van der Waals surface area contributed by atoms with Gasteiger partial charge < -0.3 is 5.11 Å². The number of hydrazone groups is 1. The summed E-state index contributed by atoms with van der Waals surface area (Å²) in [6, 6.07) is 1.47. The van der Waals surface area contributed by atoms with Gasteiger partial charge in [0.1, 0.15) is 18.9 Å². The highest BCUT2D eigenvalue weighted by Crippen LogP contribution is 2.33. The molecule has 1 amide bonds. The fourth-order valence-electron chi connectivity index (χ4n) is 0.895. The van der Waals surface area contributed by atoms with Gasteiger partial charge in [-0.25, -0.2) is 4.98 Å². The summed E-state index contributed by atoms with van der Waals surface area (Å²) in [5.41, 5.74) is 0. The molecule has 0 saturated carbocycles. The van der Waals surface area contributed by atoms with Crippen molar-refractivity contribution in [1.82, 2.24) is 4.98 Å². The number of amides is 1. The fourth-order valence-corrected chi connectivity index (χ4v) is 1.54. The normalized spacial score (nSPS) is 11.5. The first-order valence-electron chi connectivity index (χ1n) is 4.28. The average molecular weight is 278 g/mol. The lowest BCUT2D eigenvalue weighted by atomic mass is 10.5. The van der Waals surface area contributed by atoms with Crippen molar-refractivity contribution in [3.8, 4) is 6.07 Å². The van der Waals surface area contributed by atoms with Gasteiger partial charge in [0.15, 0.2) is 10.8 Å². The molecule has 10 heteroatoms. The summed E-state index contributed by atoms with van der Waals surface area (Å²) in [5, 5.41) is 20.4. The third-order valence-electron chi connectivity index (χ3n) is 1.55. The molecule has 1 N–H and O–H groups in total. The molecular formula is C8H5F3N4O2S. The van der Waals surface area contributed by atoms with Crippen LogP contribution in [0, 0.1) is 11.3 Å². The molecule has 0 aliphatic heterocycles. The number of thiazole rings is 1. The zero-order valence-corrected chi connectivity index (χ0v) is 9.36. The number of nitrogens with zero attached hydrogens (tertiary/aromatic N) is 4. The second-order valence-corrected chi connectivity index (χ2v) is 3.60. The number of aliphatic hydroxyl groups is 1. The number of carbonyl (C=O) groups is 1. The van der Waals surface area contributed by atoms with Crippen LogP contribution in [-0.4, -0.2) is 28.8 Å². The summed E-state index contributed by atoms with van der Waals surface area (Å²) in [6.45, 7) is -0.971. The number of halogens is 3. The zero-order valence-electron chi connectivity index (χ0n) is 8.55. The number of rotatable bonds is 3. The van der Waals surface area contributed by atoms with Gasteiger partial charge in [-0.2, -0.15) is 28.5 Å². The van der Waals surface area contributed by atoms with Gasteiger partial charge in [0.05, 0.1) is 0 Å². The highest BCUT2D eigenvalue weighted by Gasteiger charge is 2.35. The molecule has 0 fully saturated rings. The Morgan fingerprint density at radius 3 is 2.83 bits per heavy atom. The van der Waals surface area contributed by atoms with Crippen LogP contribution in [0.5, 0.6) is 0 Å². The molecule has 0 aromatic carbocycles. The van der Waals surface area contributed by atoms with Crippen LogP contribution in [0.4, 0.5) is 19.0 Å². The van der Waals surface area contributed by atoms with Gasteiger partial charge in [0.2, 0.25) is 0 Å². The minimum Gasteiger partial charge on any atom is -0.386 e. The number of hydrogen-bond acceptors (Lipinski definition) is 6. The van der Waals surface area contributed by atoms with Crippen molar-refractivity contribution in [2.24, 2.45) is 5.10 Å². The van der Waals surface area contributed by atoms with Crippen molar-refractivity contribution >= 4 is 29.3 Å². The third-order valence-corrected chi connectivity index (χ3v) is 2.43. The van der Waals surface area contributed by atoms with Gasteiger partial charge in [-0.15, -0.1) is 11.3 Å². The Morgan fingerprint density at radius 1 is 1.72 bits per heavy atom. The topological polar surface area (TPSA) is 89.6 Å². The van der Waals surface area contributed by atoms with Crippen LogP contribution >= 0.6 is 11.3 Å². The predicted molar refractivity (Wildman–Crippen MR) is 55.8 cm³/mol. The monoisotopic (exact) mass is 278 g/mol. The predicted octanol–water partition coefficient (Wildman–Crippen LogP) is 0.997. The van der Waals surface area contributed by atoms with E-state index in [-0.39, 0.29) is 11.3 Å². The Labute approximate surface area is 103 Å². The molecule has 1 aromatic rings. The maximum atomic E-state index is 12.3. The molecule has 96 valence electrons. The largest absolute Gasteiger partial charge is 0.443 e. The van der Waals surface area contributed by atoms with E-state index in [9.17, 15) is 18.0 Å². The van der Waals surface area contributed by atoms with Gasteiger partial charge in [-0.1, -0.05) is 0 Å². The number of aliphatic hydroxyl groups excluding tert-OH is 1. The fraction of sp³-hybridized carbons (Fsp3) is 0.250. The Balaban J connectivity index is 3.07. The Bertz CT molecular complexity index is 505. The lowest BCUT2D eigenvalue weighted by Crippen LogP contribution is -2.28. The summed E-state index contributed by atoms with van der Waals surface area (Å²) >= 11 is 0.278. The molecule has 0 saturated heterocycles. The van der Waals surface area contributed by atoms with E-state index in [4.69, 9.17) is 10.4 Å². The van der Waals surface area contributed by atoms with Crippen LogP contribution in [0.2, 0.25) is 0 Å². The van der Waals surface area contributed by atoms with Crippen LogP contribution < -0.4 is 5.01 Å². The summed E-state index contributed by atoms with van der Waals surface area (Å²) in [7, 11) is 0. The molecule has 6 nitrogen and oxygen atoms in total. The van der Waals surface area contributed by atoms with Crippen molar-refractivity contribution in [3.05, 3.63) is 10.4 Å². The van der Waals surface area contributed by atoms with Gasteiger partial charge in [0, 0.05) is 5.38 Å². The minimum absolute atomic E-state index is 0.278. The van der Waals surface area contributed by atoms with E-state index in [1.54, 1.807) is 0 Å². The van der Waals surface area contributed by atoms with E-state index in [1.807, 2.05) is 0 Å². The molecule has 0 spiro atoms. The first kappa shape index (κ1) is 14.1. The molecule has 0 unspecified atom stereocenters. The molecule has 0 aliphatic carbocycles. The molecular weight excluding hydrogens is 273 g/mol. The van der Waals surface area contributed by atoms with Crippen molar-refractivity contribution in [2.45, 2.75) is 6.18 Å². The SMILES string of the molecule is N#CC=NN(C(=O)CO)c1csc(C(F)(F)F)n1. The van der Waals surface area contributed by atoms with Gasteiger partial charge in [0.25, 0.3) is 5.91 Å². The van der Waals surface area contributed by atoms with E-state index in [0.29, 0.717) is 11.2 Å². The lowest BCUT2D eigenvalue weighted by Gasteiger charge is -2.11. The number of carbonyl (C=O) groups excluding carboxylic acids is 1. The molecule has 0 radical (unpaired) electrons. The summed E-state index contributed by atoms with van der Waals surface area (Å²) < 4.78 is 36.9. The highest BCUT2D eigenvalue weighted by molar-refractivity contribution is 7.10. The molecule has 1 rings (SSSR count). The number of anilines is 1. The van der Waals surface area contributed by atoms with E-state index in [1.165, 1.54) is 6.07 Å².